The van der Waals surface area contributed by atoms with Crippen molar-refractivity contribution in [3.8, 4) is 0 Å². The van der Waals surface area contributed by atoms with E-state index < -0.39 is 0 Å². The minimum absolute atomic E-state index is 0.119. The number of carbonyl (C=O) groups is 1. The van der Waals surface area contributed by atoms with Gasteiger partial charge in [0.2, 0.25) is 5.91 Å². The van der Waals surface area contributed by atoms with Gasteiger partial charge in [-0.25, -0.2) is 0 Å². The number of carbonyl (C=O) groups excluding carboxylic acids is 1. The zero-order valence-electron chi connectivity index (χ0n) is 12.5. The van der Waals surface area contributed by atoms with Crippen molar-refractivity contribution in [3.05, 3.63) is 39.9 Å². The maximum absolute atomic E-state index is 11.9. The number of nitro groups is 1. The van der Waals surface area contributed by atoms with E-state index in [-0.39, 0.29) is 22.4 Å². The quantitative estimate of drug-likeness (QED) is 0.627. The second-order valence-electron chi connectivity index (χ2n) is 5.71. The molecule has 114 valence electrons. The number of nitrogens with zero attached hydrogens (tertiary/aromatic N) is 3. The summed E-state index contributed by atoms with van der Waals surface area (Å²) < 4.78 is 0. The largest absolute Gasteiger partial charge is 0.349 e. The van der Waals surface area contributed by atoms with E-state index in [0.717, 1.165) is 38.0 Å². The van der Waals surface area contributed by atoms with Crippen LogP contribution < -0.4 is 0 Å². The van der Waals surface area contributed by atoms with Crippen LogP contribution in [0.2, 0.25) is 0 Å². The topological polar surface area (TPSA) is 66.7 Å². The predicted octanol–water partition coefficient (Wildman–Crippen LogP) is 1.89. The molecule has 0 bridgehead atoms. The maximum atomic E-state index is 11.9. The summed E-state index contributed by atoms with van der Waals surface area (Å²) in [5.74, 6) is 0.345. The fraction of sp³-hybridized carbons (Fsp3) is 0.533. The number of amides is 1. The van der Waals surface area contributed by atoms with E-state index >= 15 is 0 Å². The third-order valence-electron chi connectivity index (χ3n) is 3.93. The van der Waals surface area contributed by atoms with Crippen molar-refractivity contribution < 1.29 is 9.72 Å². The minimum atomic E-state index is -0.387. The number of benzene rings is 1. The summed E-state index contributed by atoms with van der Waals surface area (Å²) in [6.45, 7) is 2.56. The molecule has 0 radical (unpaired) electrons. The Kier molecular flexibility index (Phi) is 4.90. The average molecular weight is 291 g/mol. The Hall–Kier alpha value is -1.95. The number of hydrogen-bond acceptors (Lipinski definition) is 4. The Bertz CT molecular complexity index is 505. The smallest absolute Gasteiger partial charge is 0.269 e. The van der Waals surface area contributed by atoms with Gasteiger partial charge in [0, 0.05) is 38.7 Å². The van der Waals surface area contributed by atoms with Gasteiger partial charge in [0.1, 0.15) is 0 Å². The molecular weight excluding hydrogens is 270 g/mol. The van der Waals surface area contributed by atoms with E-state index in [9.17, 15) is 14.9 Å². The SMILES string of the molecule is CN(C)C(=O)C1CCN(Cc2ccc([N+](=O)[O-])cc2)CC1. The van der Waals surface area contributed by atoms with Crippen molar-refractivity contribution in [2.24, 2.45) is 5.92 Å². The second-order valence-corrected chi connectivity index (χ2v) is 5.71. The standard InChI is InChI=1S/C15H21N3O3/c1-16(2)15(19)13-7-9-17(10-8-13)11-12-3-5-14(6-4-12)18(20)21/h3-6,13H,7-11H2,1-2H3. The Morgan fingerprint density at radius 2 is 1.86 bits per heavy atom. The summed E-state index contributed by atoms with van der Waals surface area (Å²) in [4.78, 5) is 26.1. The van der Waals surface area contributed by atoms with Crippen molar-refractivity contribution in [3.63, 3.8) is 0 Å². The highest BCUT2D eigenvalue weighted by Gasteiger charge is 2.25. The van der Waals surface area contributed by atoms with Crippen LogP contribution >= 0.6 is 0 Å². The second kappa shape index (κ2) is 6.67. The number of likely N-dealkylation sites (tertiary alicyclic amines) is 1. The van der Waals surface area contributed by atoms with Gasteiger partial charge in [0.25, 0.3) is 5.69 Å². The van der Waals surface area contributed by atoms with Crippen LogP contribution in [0, 0.1) is 16.0 Å². The first-order valence-corrected chi connectivity index (χ1v) is 7.14. The molecule has 0 atom stereocenters. The van der Waals surface area contributed by atoms with Gasteiger partial charge in [-0.1, -0.05) is 12.1 Å². The third kappa shape index (κ3) is 4.01. The molecule has 0 aliphatic carbocycles. The first-order chi connectivity index (χ1) is 9.97. The normalized spacial score (nSPS) is 16.7. The molecule has 1 aliphatic rings. The van der Waals surface area contributed by atoms with Crippen LogP contribution in [0.4, 0.5) is 5.69 Å². The van der Waals surface area contributed by atoms with Crippen molar-refractivity contribution in [1.29, 1.82) is 0 Å². The average Bonchev–Trinajstić information content (AvgIpc) is 2.47. The van der Waals surface area contributed by atoms with Crippen LogP contribution in [0.1, 0.15) is 18.4 Å². The monoisotopic (exact) mass is 291 g/mol. The summed E-state index contributed by atoms with van der Waals surface area (Å²) >= 11 is 0. The van der Waals surface area contributed by atoms with Crippen LogP contribution in [-0.2, 0) is 11.3 Å². The van der Waals surface area contributed by atoms with Crippen LogP contribution in [0.15, 0.2) is 24.3 Å². The summed E-state index contributed by atoms with van der Waals surface area (Å²) in [6, 6.07) is 6.68. The van der Waals surface area contributed by atoms with Gasteiger partial charge in [-0.05, 0) is 31.5 Å². The number of rotatable bonds is 4. The number of non-ortho nitro benzene ring substituents is 1. The van der Waals surface area contributed by atoms with Crippen molar-refractivity contribution >= 4 is 11.6 Å². The predicted molar refractivity (Wildman–Crippen MR) is 79.8 cm³/mol. The van der Waals surface area contributed by atoms with E-state index in [1.807, 2.05) is 0 Å². The Balaban J connectivity index is 1.86. The van der Waals surface area contributed by atoms with Gasteiger partial charge in [0.05, 0.1) is 4.92 Å². The molecule has 1 aliphatic heterocycles. The molecule has 0 unspecified atom stereocenters. The highest BCUT2D eigenvalue weighted by Crippen LogP contribution is 2.21. The van der Waals surface area contributed by atoms with Gasteiger partial charge >= 0.3 is 0 Å². The molecular formula is C15H21N3O3. The molecule has 0 N–H and O–H groups in total. The molecule has 21 heavy (non-hydrogen) atoms. The molecule has 0 aromatic heterocycles. The highest BCUT2D eigenvalue weighted by molar-refractivity contribution is 5.78. The summed E-state index contributed by atoms with van der Waals surface area (Å²) in [7, 11) is 3.59. The molecule has 1 aromatic carbocycles. The Morgan fingerprint density at radius 1 is 1.29 bits per heavy atom. The molecule has 1 fully saturated rings. The molecule has 1 amide bonds. The molecule has 1 aromatic rings. The lowest BCUT2D eigenvalue weighted by Crippen LogP contribution is -2.39. The Morgan fingerprint density at radius 3 is 2.33 bits per heavy atom. The fourth-order valence-corrected chi connectivity index (χ4v) is 2.68. The van der Waals surface area contributed by atoms with Crippen LogP contribution in [0.5, 0.6) is 0 Å². The van der Waals surface area contributed by atoms with Gasteiger partial charge in [-0.15, -0.1) is 0 Å². The third-order valence-corrected chi connectivity index (χ3v) is 3.93. The zero-order chi connectivity index (χ0) is 15.4. The lowest BCUT2D eigenvalue weighted by molar-refractivity contribution is -0.384. The van der Waals surface area contributed by atoms with E-state index in [2.05, 4.69) is 4.90 Å². The van der Waals surface area contributed by atoms with E-state index in [1.54, 1.807) is 31.1 Å². The fourth-order valence-electron chi connectivity index (χ4n) is 2.68. The molecule has 6 heteroatoms. The van der Waals surface area contributed by atoms with E-state index in [0.29, 0.717) is 0 Å². The van der Waals surface area contributed by atoms with Crippen molar-refractivity contribution in [2.45, 2.75) is 19.4 Å². The van der Waals surface area contributed by atoms with Crippen molar-refractivity contribution in [1.82, 2.24) is 9.80 Å². The first-order valence-electron chi connectivity index (χ1n) is 7.14. The molecule has 1 heterocycles. The molecule has 0 spiro atoms. The van der Waals surface area contributed by atoms with Gasteiger partial charge in [-0.2, -0.15) is 0 Å². The van der Waals surface area contributed by atoms with E-state index in [4.69, 9.17) is 0 Å². The lowest BCUT2D eigenvalue weighted by Gasteiger charge is -2.32. The summed E-state index contributed by atoms with van der Waals surface area (Å²) in [5.41, 5.74) is 1.19. The maximum Gasteiger partial charge on any atom is 0.269 e. The zero-order valence-corrected chi connectivity index (χ0v) is 12.5. The van der Waals surface area contributed by atoms with Crippen LogP contribution in [0.25, 0.3) is 0 Å². The van der Waals surface area contributed by atoms with Crippen LogP contribution in [-0.4, -0.2) is 47.8 Å². The van der Waals surface area contributed by atoms with Gasteiger partial charge in [0.15, 0.2) is 0 Å². The molecule has 2 rings (SSSR count). The number of nitro benzene ring substituents is 1. The minimum Gasteiger partial charge on any atom is -0.349 e. The lowest BCUT2D eigenvalue weighted by atomic mass is 9.95. The Labute approximate surface area is 124 Å². The molecule has 6 nitrogen and oxygen atoms in total. The van der Waals surface area contributed by atoms with Crippen molar-refractivity contribution in [2.75, 3.05) is 27.2 Å². The van der Waals surface area contributed by atoms with E-state index in [1.165, 1.54) is 12.1 Å². The molecule has 0 saturated carbocycles. The highest BCUT2D eigenvalue weighted by atomic mass is 16.6. The van der Waals surface area contributed by atoms with Gasteiger partial charge in [-0.3, -0.25) is 19.8 Å². The summed E-state index contributed by atoms with van der Waals surface area (Å²) in [5, 5.41) is 10.6. The first kappa shape index (κ1) is 15.4. The van der Waals surface area contributed by atoms with Crippen LogP contribution in [0.3, 0.4) is 0 Å². The number of piperidine rings is 1. The summed E-state index contributed by atoms with van der Waals surface area (Å²) in [6.07, 6.45) is 1.76. The molecule has 1 saturated heterocycles. The van der Waals surface area contributed by atoms with Gasteiger partial charge < -0.3 is 4.90 Å². The number of hydrogen-bond donors (Lipinski definition) is 0.